The Labute approximate surface area is 109 Å². The van der Waals surface area contributed by atoms with Gasteiger partial charge in [-0.3, -0.25) is 4.79 Å². The van der Waals surface area contributed by atoms with Crippen LogP contribution in [-0.4, -0.2) is 11.4 Å². The molecule has 18 heavy (non-hydrogen) atoms. The molecule has 1 aromatic carbocycles. The lowest BCUT2D eigenvalue weighted by molar-refractivity contribution is -0.127. The van der Waals surface area contributed by atoms with Gasteiger partial charge in [0.05, 0.1) is 11.6 Å². The molecule has 0 bridgehead atoms. The van der Waals surface area contributed by atoms with Crippen molar-refractivity contribution in [3.63, 3.8) is 0 Å². The summed E-state index contributed by atoms with van der Waals surface area (Å²) in [5, 5.41) is 3.03. The molecule has 1 fully saturated rings. The molecule has 0 heterocycles. The fraction of sp³-hybridized carbons (Fsp3) is 0.533. The summed E-state index contributed by atoms with van der Waals surface area (Å²) in [4.78, 5) is 12.2. The molecule has 1 amide bonds. The lowest BCUT2D eigenvalue weighted by atomic mass is 9.94. The van der Waals surface area contributed by atoms with E-state index >= 15 is 0 Å². The Balaban J connectivity index is 2.05. The van der Waals surface area contributed by atoms with Crippen LogP contribution in [0, 0.1) is 12.8 Å². The molecule has 2 rings (SSSR count). The van der Waals surface area contributed by atoms with Crippen LogP contribution < -0.4 is 11.1 Å². The van der Waals surface area contributed by atoms with Gasteiger partial charge in [-0.05, 0) is 50.7 Å². The van der Waals surface area contributed by atoms with Gasteiger partial charge >= 0.3 is 0 Å². The van der Waals surface area contributed by atoms with Gasteiger partial charge in [0, 0.05) is 0 Å². The molecule has 0 saturated heterocycles. The quantitative estimate of drug-likeness (QED) is 0.856. The molecule has 3 N–H and O–H groups in total. The van der Waals surface area contributed by atoms with Crippen LogP contribution in [-0.2, 0) is 4.79 Å². The predicted octanol–water partition coefficient (Wildman–Crippen LogP) is 2.30. The summed E-state index contributed by atoms with van der Waals surface area (Å²) in [7, 11) is 0. The van der Waals surface area contributed by atoms with Crippen molar-refractivity contribution in [1.82, 2.24) is 5.32 Å². The standard InChI is InChI=1S/C15H22N2O/c1-10-6-4-5-7-13(10)11(2)17-14(18)15(3,16)12-8-9-12/h4-7,11-12H,8-9,16H2,1-3H3,(H,17,18)/t11-,15?/m0/s1. The first-order valence-electron chi connectivity index (χ1n) is 6.58. The Bertz CT molecular complexity index is 450. The molecule has 3 nitrogen and oxygen atoms in total. The SMILES string of the molecule is Cc1ccccc1[C@H](C)NC(=O)C(C)(N)C1CC1. The normalized spacial score (nSPS) is 20.0. The van der Waals surface area contributed by atoms with E-state index in [2.05, 4.69) is 18.3 Å². The van der Waals surface area contributed by atoms with E-state index in [0.29, 0.717) is 5.92 Å². The van der Waals surface area contributed by atoms with Gasteiger partial charge in [-0.15, -0.1) is 0 Å². The lowest BCUT2D eigenvalue weighted by Crippen LogP contribution is -2.53. The van der Waals surface area contributed by atoms with Gasteiger partial charge in [0.1, 0.15) is 0 Å². The van der Waals surface area contributed by atoms with E-state index in [1.807, 2.05) is 32.0 Å². The van der Waals surface area contributed by atoms with Crippen molar-refractivity contribution in [2.75, 3.05) is 0 Å². The Morgan fingerprint density at radius 2 is 2.06 bits per heavy atom. The number of hydrogen-bond acceptors (Lipinski definition) is 2. The highest BCUT2D eigenvalue weighted by atomic mass is 16.2. The van der Waals surface area contributed by atoms with E-state index in [0.717, 1.165) is 18.4 Å². The molecule has 1 saturated carbocycles. The number of carbonyl (C=O) groups is 1. The fourth-order valence-electron chi connectivity index (χ4n) is 2.37. The van der Waals surface area contributed by atoms with E-state index in [9.17, 15) is 4.79 Å². The smallest absolute Gasteiger partial charge is 0.240 e. The number of nitrogens with two attached hydrogens (primary N) is 1. The van der Waals surface area contributed by atoms with E-state index in [4.69, 9.17) is 5.73 Å². The summed E-state index contributed by atoms with van der Waals surface area (Å²) in [6, 6.07) is 8.10. The highest BCUT2D eigenvalue weighted by Gasteiger charge is 2.44. The number of benzene rings is 1. The second kappa shape index (κ2) is 4.73. The minimum atomic E-state index is -0.725. The largest absolute Gasteiger partial charge is 0.348 e. The zero-order chi connectivity index (χ0) is 13.3. The number of rotatable bonds is 4. The molecule has 98 valence electrons. The van der Waals surface area contributed by atoms with Crippen LogP contribution in [0.1, 0.15) is 43.9 Å². The number of carbonyl (C=O) groups excluding carboxylic acids is 1. The van der Waals surface area contributed by atoms with Gasteiger partial charge in [-0.2, -0.15) is 0 Å². The van der Waals surface area contributed by atoms with Gasteiger partial charge in [0.15, 0.2) is 0 Å². The molecule has 0 spiro atoms. The van der Waals surface area contributed by atoms with E-state index < -0.39 is 5.54 Å². The second-order valence-electron chi connectivity index (χ2n) is 5.61. The third kappa shape index (κ3) is 2.56. The maximum atomic E-state index is 12.2. The molecule has 0 aliphatic heterocycles. The summed E-state index contributed by atoms with van der Waals surface area (Å²) in [5.41, 5.74) is 7.73. The van der Waals surface area contributed by atoms with Crippen LogP contribution in [0.25, 0.3) is 0 Å². The van der Waals surface area contributed by atoms with Gasteiger partial charge < -0.3 is 11.1 Å². The summed E-state index contributed by atoms with van der Waals surface area (Å²) in [6.07, 6.45) is 2.14. The summed E-state index contributed by atoms with van der Waals surface area (Å²) in [5.74, 6) is 0.308. The van der Waals surface area contributed by atoms with Crippen LogP contribution in [0.2, 0.25) is 0 Å². The monoisotopic (exact) mass is 246 g/mol. The third-order valence-electron chi connectivity index (χ3n) is 3.92. The van der Waals surface area contributed by atoms with Crippen LogP contribution in [0.4, 0.5) is 0 Å². The maximum Gasteiger partial charge on any atom is 0.240 e. The molecule has 3 heteroatoms. The summed E-state index contributed by atoms with van der Waals surface area (Å²) >= 11 is 0. The summed E-state index contributed by atoms with van der Waals surface area (Å²) < 4.78 is 0. The Kier molecular flexibility index (Phi) is 3.44. The lowest BCUT2D eigenvalue weighted by Gasteiger charge is -2.26. The zero-order valence-corrected chi connectivity index (χ0v) is 11.4. The van der Waals surface area contributed by atoms with Gasteiger partial charge in [-0.1, -0.05) is 24.3 Å². The first-order chi connectivity index (χ1) is 8.43. The first kappa shape index (κ1) is 13.1. The first-order valence-corrected chi connectivity index (χ1v) is 6.58. The molecule has 1 aromatic rings. The highest BCUT2D eigenvalue weighted by Crippen LogP contribution is 2.38. The molecule has 0 aromatic heterocycles. The van der Waals surface area contributed by atoms with E-state index in [1.165, 1.54) is 5.56 Å². The predicted molar refractivity (Wildman–Crippen MR) is 73.1 cm³/mol. The number of nitrogens with one attached hydrogen (secondary N) is 1. The molecular weight excluding hydrogens is 224 g/mol. The van der Waals surface area contributed by atoms with Crippen LogP contribution in [0.3, 0.4) is 0 Å². The number of aryl methyl sites for hydroxylation is 1. The molecule has 2 atom stereocenters. The molecule has 1 aliphatic rings. The second-order valence-corrected chi connectivity index (χ2v) is 5.61. The van der Waals surface area contributed by atoms with Crippen molar-refractivity contribution >= 4 is 5.91 Å². The van der Waals surface area contributed by atoms with Gasteiger partial charge in [0.2, 0.25) is 5.91 Å². The maximum absolute atomic E-state index is 12.2. The minimum absolute atomic E-state index is 0.000301. The molecular formula is C15H22N2O. The zero-order valence-electron chi connectivity index (χ0n) is 11.4. The van der Waals surface area contributed by atoms with Crippen LogP contribution >= 0.6 is 0 Å². The van der Waals surface area contributed by atoms with Crippen LogP contribution in [0.5, 0.6) is 0 Å². The van der Waals surface area contributed by atoms with Crippen molar-refractivity contribution in [2.24, 2.45) is 11.7 Å². The third-order valence-corrected chi connectivity index (χ3v) is 3.92. The van der Waals surface area contributed by atoms with Crippen LogP contribution in [0.15, 0.2) is 24.3 Å². The highest BCUT2D eigenvalue weighted by molar-refractivity contribution is 5.86. The van der Waals surface area contributed by atoms with Gasteiger partial charge in [0.25, 0.3) is 0 Å². The topological polar surface area (TPSA) is 55.1 Å². The van der Waals surface area contributed by atoms with Crippen molar-refractivity contribution in [2.45, 2.75) is 45.2 Å². The molecule has 1 unspecified atom stereocenters. The Morgan fingerprint density at radius 1 is 1.44 bits per heavy atom. The van der Waals surface area contributed by atoms with E-state index in [1.54, 1.807) is 0 Å². The minimum Gasteiger partial charge on any atom is -0.348 e. The van der Waals surface area contributed by atoms with Crippen molar-refractivity contribution in [1.29, 1.82) is 0 Å². The average molecular weight is 246 g/mol. The van der Waals surface area contributed by atoms with Crippen molar-refractivity contribution < 1.29 is 4.79 Å². The molecule has 1 aliphatic carbocycles. The molecule has 0 radical (unpaired) electrons. The fourth-order valence-corrected chi connectivity index (χ4v) is 2.37. The summed E-state index contributed by atoms with van der Waals surface area (Å²) in [6.45, 7) is 5.90. The van der Waals surface area contributed by atoms with Gasteiger partial charge in [-0.25, -0.2) is 0 Å². The number of hydrogen-bond donors (Lipinski definition) is 2. The number of amides is 1. The Morgan fingerprint density at radius 3 is 2.61 bits per heavy atom. The van der Waals surface area contributed by atoms with Crippen molar-refractivity contribution in [3.05, 3.63) is 35.4 Å². The van der Waals surface area contributed by atoms with E-state index in [-0.39, 0.29) is 11.9 Å². The average Bonchev–Trinajstić information content (AvgIpc) is 3.13. The Hall–Kier alpha value is -1.35. The van der Waals surface area contributed by atoms with Crippen molar-refractivity contribution in [3.8, 4) is 0 Å².